The van der Waals surface area contributed by atoms with E-state index in [1.807, 2.05) is 19.1 Å². The van der Waals surface area contributed by atoms with Gasteiger partial charge in [-0.25, -0.2) is 0 Å². The molecule has 6 saturated carbocycles. The van der Waals surface area contributed by atoms with Crippen molar-refractivity contribution in [1.82, 2.24) is 5.32 Å². The Morgan fingerprint density at radius 3 is 2.44 bits per heavy atom. The summed E-state index contributed by atoms with van der Waals surface area (Å²) in [4.78, 5) is 28.9. The zero-order chi connectivity index (χ0) is 43.0. The molecule has 15 atom stereocenters. The fourth-order valence-corrected chi connectivity index (χ4v) is 18.4. The van der Waals surface area contributed by atoms with Crippen LogP contribution < -0.4 is 15.8 Å². The Kier molecular flexibility index (Phi) is 10.0. The molecule has 1 aromatic rings. The van der Waals surface area contributed by atoms with E-state index in [1.165, 1.54) is 0 Å². The zero-order valence-corrected chi connectivity index (χ0v) is 37.1. The van der Waals surface area contributed by atoms with Crippen LogP contribution >= 0.6 is 0 Å². The first-order valence-electron chi connectivity index (χ1n) is 24.3. The Bertz CT molecular complexity index is 2210. The Labute approximate surface area is 362 Å². The first kappa shape index (κ1) is 42.3. The minimum Gasteiger partial charge on any atom is -0.394 e. The van der Waals surface area contributed by atoms with Crippen LogP contribution in [-0.4, -0.2) is 75.2 Å². The third-order valence-corrected chi connectivity index (χ3v) is 20.8. The monoisotopic (exact) mass is 834 g/mol. The van der Waals surface area contributed by atoms with Crippen molar-refractivity contribution in [3.63, 3.8) is 0 Å². The number of allylic oxidation sites excluding steroid dienone is 2. The maximum absolute atomic E-state index is 16.2. The van der Waals surface area contributed by atoms with E-state index in [0.717, 1.165) is 105 Å². The number of hydrogen-bond donors (Lipinski definition) is 6. The van der Waals surface area contributed by atoms with Crippen molar-refractivity contribution < 1.29 is 35.1 Å². The van der Waals surface area contributed by atoms with Crippen molar-refractivity contribution >= 4 is 24.2 Å². The third kappa shape index (κ3) is 5.29. The number of carbonyl (C=O) groups excluding carboxylic acids is 2. The number of rotatable bonds is 7. The molecule has 1 aromatic carbocycles. The molecular weight excluding hydrogens is 763 g/mol. The van der Waals surface area contributed by atoms with E-state index >= 15 is 4.79 Å². The molecule has 0 radical (unpaired) electrons. The predicted octanol–water partition coefficient (Wildman–Crippen LogP) is 5.51. The topological polar surface area (TPSA) is 147 Å². The van der Waals surface area contributed by atoms with E-state index in [9.17, 15) is 30.3 Å². The Morgan fingerprint density at radius 2 is 1.70 bits per heavy atom. The first-order chi connectivity index (χ1) is 29.2. The molecule has 330 valence electrons. The standard InChI is InChI=1S/C53H71NO7/c1-5-22-54-28-33-11-12-34(29-55)35-23-32-13-19-51-20-14-41-49(4,45(61)30-56)42(58)15-21-52(41,37(32)24-36(33)35)46(51)40(57)25-38-39-26-47(2)16-7-6-10-43(59)53(39,44(60)27-48(38,51)3)50(31-47)17-8-9-18-50/h11-12,23-25,29,32,37,39,41-46,54,56,58-61H,5,7-9,13-22,26-28,30-31H2,1-4H3/t32-,37+,39?,41?,42-,43-,44-,45+,46-,47+,48+,49-,51+,52+,53+/m0/s1. The molecule has 0 saturated heterocycles. The molecular formula is C53H71NO7. The summed E-state index contributed by atoms with van der Waals surface area (Å²) in [6, 6.07) is 4.01. The molecule has 0 heterocycles. The highest BCUT2D eigenvalue weighted by molar-refractivity contribution is 5.96. The van der Waals surface area contributed by atoms with Crippen LogP contribution in [-0.2, 0) is 11.3 Å². The predicted molar refractivity (Wildman–Crippen MR) is 235 cm³/mol. The SMILES string of the molecule is CCCNCc1ccc(C=O)c2c1=C[C@@H]1[C@H](C=2)CC[C@@]23CCC4[C@](C)([C@H](O)CO)[C@@H](O)CC[C@]41[C@H]2C(=O)C=C1C2C[C@@]4(C)CCC#C[C@H](O)[C@]2([C@@H](O)C[C@]13C)C1(CCCC1)C4. The van der Waals surface area contributed by atoms with Gasteiger partial charge < -0.3 is 30.8 Å². The van der Waals surface area contributed by atoms with Crippen LogP contribution in [0.5, 0.6) is 0 Å². The van der Waals surface area contributed by atoms with E-state index in [1.54, 1.807) is 0 Å². The van der Waals surface area contributed by atoms with Crippen LogP contribution in [0, 0.1) is 79.3 Å². The summed E-state index contributed by atoms with van der Waals surface area (Å²) in [5.74, 6) is 5.79. The lowest BCUT2D eigenvalue weighted by Crippen LogP contribution is -2.74. The molecule has 6 N–H and O–H groups in total. The van der Waals surface area contributed by atoms with Crippen molar-refractivity contribution in [2.75, 3.05) is 13.2 Å². The number of hydrogen-bond acceptors (Lipinski definition) is 8. The second kappa shape index (κ2) is 14.4. The first-order valence-corrected chi connectivity index (χ1v) is 24.3. The van der Waals surface area contributed by atoms with Gasteiger partial charge in [0, 0.05) is 35.3 Å². The minimum absolute atomic E-state index is 0.00252. The largest absolute Gasteiger partial charge is 0.394 e. The fraction of sp³-hybridized carbons (Fsp3) is 0.736. The summed E-state index contributed by atoms with van der Waals surface area (Å²) in [5.41, 5.74) is -1.10. The summed E-state index contributed by atoms with van der Waals surface area (Å²) in [6.45, 7) is 9.95. The number of carbonyl (C=O) groups is 2. The second-order valence-corrected chi connectivity index (χ2v) is 22.9. The van der Waals surface area contributed by atoms with Crippen LogP contribution in [0.25, 0.3) is 12.2 Å². The van der Waals surface area contributed by atoms with Gasteiger partial charge in [-0.2, -0.15) is 0 Å². The van der Waals surface area contributed by atoms with E-state index in [4.69, 9.17) is 0 Å². The molecule has 0 aromatic heterocycles. The highest BCUT2D eigenvalue weighted by atomic mass is 16.3. The summed E-state index contributed by atoms with van der Waals surface area (Å²) < 4.78 is 0. The maximum Gasteiger partial charge on any atom is 0.159 e. The third-order valence-electron chi connectivity index (χ3n) is 20.8. The number of aliphatic hydroxyl groups excluding tert-OH is 5. The Hall–Kier alpha value is -2.64. The number of ketones is 1. The molecule has 3 spiro atoms. The average molecular weight is 834 g/mol. The molecule has 11 rings (SSSR count). The van der Waals surface area contributed by atoms with Gasteiger partial charge in [0.15, 0.2) is 12.1 Å². The van der Waals surface area contributed by atoms with Gasteiger partial charge in [0.05, 0.1) is 24.9 Å². The molecule has 4 bridgehead atoms. The number of fused-ring (bicyclic) bond motifs is 6. The van der Waals surface area contributed by atoms with E-state index in [-0.39, 0.29) is 40.3 Å². The Morgan fingerprint density at radius 1 is 0.934 bits per heavy atom. The van der Waals surface area contributed by atoms with E-state index in [0.29, 0.717) is 44.2 Å². The zero-order valence-electron chi connectivity index (χ0n) is 37.1. The molecule has 2 unspecified atom stereocenters. The lowest BCUT2D eigenvalue weighted by atomic mass is 9.29. The lowest BCUT2D eigenvalue weighted by molar-refractivity contribution is -0.266. The minimum atomic E-state index is -1.17. The summed E-state index contributed by atoms with van der Waals surface area (Å²) >= 11 is 0. The molecule has 61 heavy (non-hydrogen) atoms. The normalized spacial score (nSPS) is 46.7. The summed E-state index contributed by atoms with van der Waals surface area (Å²) in [5, 5.41) is 66.2. The van der Waals surface area contributed by atoms with Crippen molar-refractivity contribution in [1.29, 1.82) is 0 Å². The quantitative estimate of drug-likeness (QED) is 0.120. The van der Waals surface area contributed by atoms with Gasteiger partial charge in [-0.15, -0.1) is 5.92 Å². The van der Waals surface area contributed by atoms with Crippen LogP contribution in [0.2, 0.25) is 0 Å². The molecule has 10 aliphatic carbocycles. The van der Waals surface area contributed by atoms with Crippen molar-refractivity contribution in [2.45, 2.75) is 161 Å². The molecule has 8 nitrogen and oxygen atoms in total. The van der Waals surface area contributed by atoms with Gasteiger partial charge in [0.1, 0.15) is 6.10 Å². The van der Waals surface area contributed by atoms with Crippen molar-refractivity contribution in [3.8, 4) is 11.8 Å². The average Bonchev–Trinajstić information content (AvgIpc) is 3.70. The van der Waals surface area contributed by atoms with Gasteiger partial charge in [0.2, 0.25) is 0 Å². The highest BCUT2D eigenvalue weighted by Crippen LogP contribution is 2.82. The second-order valence-electron chi connectivity index (χ2n) is 22.9. The summed E-state index contributed by atoms with van der Waals surface area (Å²) in [6.07, 6.45) is 16.9. The smallest absolute Gasteiger partial charge is 0.159 e. The van der Waals surface area contributed by atoms with Crippen LogP contribution in [0.3, 0.4) is 0 Å². The van der Waals surface area contributed by atoms with Gasteiger partial charge in [-0.1, -0.05) is 76.3 Å². The van der Waals surface area contributed by atoms with Gasteiger partial charge >= 0.3 is 0 Å². The molecule has 0 aliphatic heterocycles. The van der Waals surface area contributed by atoms with Crippen molar-refractivity contribution in [3.05, 3.63) is 45.3 Å². The number of nitrogens with one attached hydrogen (secondary N) is 1. The molecule has 10 aliphatic rings. The van der Waals surface area contributed by atoms with Gasteiger partial charge in [0.25, 0.3) is 0 Å². The van der Waals surface area contributed by atoms with E-state index in [2.05, 4.69) is 56.1 Å². The van der Waals surface area contributed by atoms with Crippen LogP contribution in [0.1, 0.15) is 146 Å². The van der Waals surface area contributed by atoms with Crippen LogP contribution in [0.15, 0.2) is 23.8 Å². The fourth-order valence-electron chi connectivity index (χ4n) is 18.4. The summed E-state index contributed by atoms with van der Waals surface area (Å²) in [7, 11) is 0. The number of aldehydes is 1. The van der Waals surface area contributed by atoms with Gasteiger partial charge in [-0.05, 0) is 163 Å². The maximum atomic E-state index is 16.2. The Balaban J connectivity index is 1.22. The van der Waals surface area contributed by atoms with Crippen molar-refractivity contribution in [2.24, 2.45) is 67.5 Å². The lowest BCUT2D eigenvalue weighted by Gasteiger charge is -2.75. The molecule has 6 fully saturated rings. The number of aliphatic hydroxyl groups is 5. The molecule has 8 heteroatoms. The highest BCUT2D eigenvalue weighted by Gasteiger charge is 2.79. The van der Waals surface area contributed by atoms with E-state index < -0.39 is 64.0 Å². The molecule has 0 amide bonds. The van der Waals surface area contributed by atoms with Gasteiger partial charge in [-0.3, -0.25) is 9.59 Å². The van der Waals surface area contributed by atoms with Crippen LogP contribution in [0.4, 0.5) is 0 Å². The number of benzene rings is 1.